The number of nitrogens with zero attached hydrogens (tertiary/aromatic N) is 3. The Labute approximate surface area is 146 Å². The lowest BCUT2D eigenvalue weighted by molar-refractivity contribution is -0.00892. The number of amides is 1. The smallest absolute Gasteiger partial charge is 0.407 e. The molecule has 0 aliphatic carbocycles. The standard InChI is InChI=1S/C15H19N3O6S/c19-14(12-5-6-17(12)15(20)21)13-10-3-1-2-4-11(10)16-18(13)7-8-24-9-25(22)23/h1-4,12,14,19H,5-9H2,(H,20,21)(H,22,23)/t12-,14?/m0/s1. The summed E-state index contributed by atoms with van der Waals surface area (Å²) >= 11 is -2.04. The minimum atomic E-state index is -2.04. The van der Waals surface area contributed by atoms with Crippen molar-refractivity contribution in [3.63, 3.8) is 0 Å². The van der Waals surface area contributed by atoms with Gasteiger partial charge < -0.3 is 24.4 Å². The van der Waals surface area contributed by atoms with Gasteiger partial charge in [0.2, 0.25) is 0 Å². The first kappa shape index (κ1) is 17.8. The average molecular weight is 369 g/mol. The minimum absolute atomic E-state index is 0.146. The first-order chi connectivity index (χ1) is 12.0. The van der Waals surface area contributed by atoms with Gasteiger partial charge in [0, 0.05) is 11.9 Å². The Kier molecular flexibility index (Phi) is 5.33. The van der Waals surface area contributed by atoms with Crippen LogP contribution >= 0.6 is 0 Å². The van der Waals surface area contributed by atoms with Gasteiger partial charge in [0.1, 0.15) is 12.0 Å². The van der Waals surface area contributed by atoms with Crippen molar-refractivity contribution in [3.8, 4) is 0 Å². The third-order valence-corrected chi connectivity index (χ3v) is 4.64. The second-order valence-corrected chi connectivity index (χ2v) is 6.63. The highest BCUT2D eigenvalue weighted by atomic mass is 32.2. The van der Waals surface area contributed by atoms with E-state index < -0.39 is 29.3 Å². The molecule has 2 unspecified atom stereocenters. The van der Waals surface area contributed by atoms with E-state index in [-0.39, 0.29) is 19.1 Å². The van der Waals surface area contributed by atoms with Crippen molar-refractivity contribution < 1.29 is 28.5 Å². The summed E-state index contributed by atoms with van der Waals surface area (Å²) in [6, 6.07) is 6.77. The Bertz CT molecular complexity index is 795. The van der Waals surface area contributed by atoms with E-state index in [0.717, 1.165) is 5.39 Å². The molecule has 0 saturated carbocycles. The van der Waals surface area contributed by atoms with Crippen LogP contribution in [-0.2, 0) is 22.4 Å². The SMILES string of the molecule is O=C(O)N1CC[C@H]1C(O)c1c2ccccc2nn1CCOCS(=O)O. The third kappa shape index (κ3) is 3.66. The number of benzene rings is 1. The first-order valence-electron chi connectivity index (χ1n) is 7.77. The molecule has 2 heterocycles. The summed E-state index contributed by atoms with van der Waals surface area (Å²) in [5.74, 6) is -0.298. The van der Waals surface area contributed by atoms with Crippen LogP contribution in [0.2, 0.25) is 0 Å². The van der Waals surface area contributed by atoms with Gasteiger partial charge >= 0.3 is 6.09 Å². The van der Waals surface area contributed by atoms with Crippen molar-refractivity contribution in [1.82, 2.24) is 14.7 Å². The molecule has 1 fully saturated rings. The highest BCUT2D eigenvalue weighted by molar-refractivity contribution is 7.79. The lowest BCUT2D eigenvalue weighted by atomic mass is 9.94. The molecule has 9 nitrogen and oxygen atoms in total. The topological polar surface area (TPSA) is 125 Å². The summed E-state index contributed by atoms with van der Waals surface area (Å²) < 4.78 is 26.0. The van der Waals surface area contributed by atoms with Crippen molar-refractivity contribution in [3.05, 3.63) is 30.0 Å². The van der Waals surface area contributed by atoms with Gasteiger partial charge in [0.15, 0.2) is 11.1 Å². The highest BCUT2D eigenvalue weighted by Gasteiger charge is 2.40. The fraction of sp³-hybridized carbons (Fsp3) is 0.467. The number of aliphatic hydroxyl groups excluding tert-OH is 1. The van der Waals surface area contributed by atoms with Gasteiger partial charge in [-0.05, 0) is 12.5 Å². The van der Waals surface area contributed by atoms with Gasteiger partial charge in [-0.15, -0.1) is 0 Å². The summed E-state index contributed by atoms with van der Waals surface area (Å²) in [5, 5.41) is 25.1. The average Bonchev–Trinajstić information content (AvgIpc) is 2.87. The highest BCUT2D eigenvalue weighted by Crippen LogP contribution is 2.34. The quantitative estimate of drug-likeness (QED) is 0.491. The van der Waals surface area contributed by atoms with Crippen LogP contribution in [0.25, 0.3) is 10.9 Å². The lowest BCUT2D eigenvalue weighted by Gasteiger charge is -2.41. The Morgan fingerprint density at radius 3 is 2.84 bits per heavy atom. The molecule has 0 radical (unpaired) electrons. The van der Waals surface area contributed by atoms with Gasteiger partial charge in [-0.1, -0.05) is 18.2 Å². The van der Waals surface area contributed by atoms with Crippen LogP contribution in [0.5, 0.6) is 0 Å². The Balaban J connectivity index is 1.85. The number of fused-ring (bicyclic) bond motifs is 1. The zero-order valence-corrected chi connectivity index (χ0v) is 14.1. The number of hydrogen-bond acceptors (Lipinski definition) is 5. The van der Waals surface area contributed by atoms with Crippen molar-refractivity contribution in [2.75, 3.05) is 19.1 Å². The summed E-state index contributed by atoms with van der Waals surface area (Å²) in [6.07, 6.45) is -1.49. The second-order valence-electron chi connectivity index (χ2n) is 5.75. The maximum Gasteiger partial charge on any atom is 0.407 e. The van der Waals surface area contributed by atoms with Crippen molar-refractivity contribution in [1.29, 1.82) is 0 Å². The van der Waals surface area contributed by atoms with Crippen LogP contribution in [0.15, 0.2) is 24.3 Å². The molecule has 2 aromatic rings. The Morgan fingerprint density at radius 1 is 1.44 bits per heavy atom. The number of rotatable bonds is 7. The summed E-state index contributed by atoms with van der Waals surface area (Å²) in [4.78, 5) is 12.4. The molecule has 1 aromatic heterocycles. The van der Waals surface area contributed by atoms with E-state index >= 15 is 0 Å². The van der Waals surface area contributed by atoms with Gasteiger partial charge in [-0.25, -0.2) is 9.00 Å². The number of carboxylic acid groups (broad SMARTS) is 1. The van der Waals surface area contributed by atoms with Crippen molar-refractivity contribution >= 4 is 28.1 Å². The Morgan fingerprint density at radius 2 is 2.20 bits per heavy atom. The summed E-state index contributed by atoms with van der Waals surface area (Å²) in [5.41, 5.74) is 1.21. The maximum absolute atomic E-state index is 11.2. The van der Waals surface area contributed by atoms with E-state index in [0.29, 0.717) is 24.2 Å². The number of likely N-dealkylation sites (tertiary alicyclic amines) is 1. The van der Waals surface area contributed by atoms with E-state index in [2.05, 4.69) is 5.10 Å². The number of hydrogen-bond donors (Lipinski definition) is 3. The summed E-state index contributed by atoms with van der Waals surface area (Å²) in [7, 11) is 0. The molecule has 1 amide bonds. The van der Waals surface area contributed by atoms with Crippen LogP contribution in [0.1, 0.15) is 18.2 Å². The normalized spacial score (nSPS) is 19.6. The number of ether oxygens (including phenoxy) is 1. The molecule has 1 aliphatic rings. The van der Waals surface area contributed by atoms with Crippen LogP contribution in [0.4, 0.5) is 4.79 Å². The molecule has 3 rings (SSSR count). The largest absolute Gasteiger partial charge is 0.465 e. The van der Waals surface area contributed by atoms with E-state index in [1.165, 1.54) is 4.90 Å². The zero-order valence-electron chi connectivity index (χ0n) is 13.3. The molecule has 25 heavy (non-hydrogen) atoms. The molecular weight excluding hydrogens is 350 g/mol. The molecule has 3 N–H and O–H groups in total. The predicted molar refractivity (Wildman–Crippen MR) is 89.4 cm³/mol. The monoisotopic (exact) mass is 369 g/mol. The zero-order chi connectivity index (χ0) is 18.0. The molecule has 1 aromatic carbocycles. The second kappa shape index (κ2) is 7.48. The molecule has 1 aliphatic heterocycles. The first-order valence-corrected chi connectivity index (χ1v) is 9.05. The molecule has 0 spiro atoms. The number of aromatic nitrogens is 2. The molecule has 3 atom stereocenters. The van der Waals surface area contributed by atoms with E-state index in [4.69, 9.17) is 9.29 Å². The number of carbonyl (C=O) groups is 1. The van der Waals surface area contributed by atoms with Crippen LogP contribution < -0.4 is 0 Å². The molecular formula is C15H19N3O6S. The molecule has 0 bridgehead atoms. The van der Waals surface area contributed by atoms with Crippen molar-refractivity contribution in [2.24, 2.45) is 0 Å². The van der Waals surface area contributed by atoms with E-state index in [1.54, 1.807) is 10.7 Å². The molecule has 10 heteroatoms. The van der Waals surface area contributed by atoms with E-state index in [9.17, 15) is 19.2 Å². The Hall–Kier alpha value is -2.01. The minimum Gasteiger partial charge on any atom is -0.465 e. The van der Waals surface area contributed by atoms with Crippen LogP contribution in [0.3, 0.4) is 0 Å². The maximum atomic E-state index is 11.2. The fourth-order valence-corrected chi connectivity index (χ4v) is 3.28. The summed E-state index contributed by atoms with van der Waals surface area (Å²) in [6.45, 7) is 0.819. The van der Waals surface area contributed by atoms with Gasteiger partial charge in [0.05, 0.1) is 30.4 Å². The van der Waals surface area contributed by atoms with Gasteiger partial charge in [0.25, 0.3) is 0 Å². The fourth-order valence-electron chi connectivity index (χ4n) is 3.02. The third-order valence-electron chi connectivity index (χ3n) is 4.27. The molecule has 1 saturated heterocycles. The van der Waals surface area contributed by atoms with Crippen molar-refractivity contribution in [2.45, 2.75) is 25.1 Å². The van der Waals surface area contributed by atoms with Gasteiger partial charge in [-0.2, -0.15) is 5.10 Å². The predicted octanol–water partition coefficient (Wildman–Crippen LogP) is 1.02. The van der Waals surface area contributed by atoms with Crippen LogP contribution in [0, 0.1) is 0 Å². The lowest BCUT2D eigenvalue weighted by Crippen LogP contribution is -2.53. The van der Waals surface area contributed by atoms with Gasteiger partial charge in [-0.3, -0.25) is 4.68 Å². The van der Waals surface area contributed by atoms with E-state index in [1.807, 2.05) is 18.2 Å². The number of aliphatic hydroxyl groups is 1. The van der Waals surface area contributed by atoms with Crippen LogP contribution in [-0.4, -0.2) is 64.9 Å². The molecule has 136 valence electrons.